The lowest BCUT2D eigenvalue weighted by molar-refractivity contribution is 0.101. The maximum absolute atomic E-state index is 6.67. The zero-order valence-electron chi connectivity index (χ0n) is 13.6. The first-order chi connectivity index (χ1) is 12.3. The molecule has 0 saturated heterocycles. The van der Waals surface area contributed by atoms with Gasteiger partial charge in [0.25, 0.3) is 0 Å². The molecule has 4 rings (SSSR count). The topological polar surface area (TPSA) is 9.23 Å². The summed E-state index contributed by atoms with van der Waals surface area (Å²) in [6.45, 7) is 0. The second kappa shape index (κ2) is 6.99. The van der Waals surface area contributed by atoms with Gasteiger partial charge in [0.05, 0.1) is 0 Å². The fourth-order valence-electron chi connectivity index (χ4n) is 3.08. The number of hydrogen-bond donors (Lipinski definition) is 0. The van der Waals surface area contributed by atoms with E-state index in [2.05, 4.69) is 53.9 Å². The number of thioether (sulfide) groups is 1. The normalized spacial score (nSPS) is 19.8. The maximum atomic E-state index is 6.67. The van der Waals surface area contributed by atoms with Crippen molar-refractivity contribution in [3.63, 3.8) is 0 Å². The number of benzene rings is 3. The van der Waals surface area contributed by atoms with Crippen molar-refractivity contribution < 1.29 is 4.74 Å². The first kappa shape index (κ1) is 16.3. The summed E-state index contributed by atoms with van der Waals surface area (Å²) in [6, 6.07) is 28.6. The summed E-state index contributed by atoms with van der Waals surface area (Å²) < 4.78 is 6.67. The highest BCUT2D eigenvalue weighted by Gasteiger charge is 2.39. The maximum Gasteiger partial charge on any atom is 0.168 e. The lowest BCUT2D eigenvalue weighted by atomic mass is 9.87. The average molecular weight is 365 g/mol. The molecule has 0 radical (unpaired) electrons. The van der Waals surface area contributed by atoms with Gasteiger partial charge in [-0.15, -0.1) is 11.8 Å². The molecule has 1 heterocycles. The van der Waals surface area contributed by atoms with E-state index in [0.717, 1.165) is 33.2 Å². The van der Waals surface area contributed by atoms with Crippen LogP contribution >= 0.6 is 23.4 Å². The first-order valence-corrected chi connectivity index (χ1v) is 9.58. The highest BCUT2D eigenvalue weighted by atomic mass is 35.5. The number of halogens is 1. The predicted octanol–water partition coefficient (Wildman–Crippen LogP) is 6.35. The van der Waals surface area contributed by atoms with Gasteiger partial charge in [-0.05, 0) is 12.1 Å². The number of ether oxygens (including phenoxy) is 1. The molecule has 0 aliphatic carbocycles. The van der Waals surface area contributed by atoms with Crippen LogP contribution in [-0.2, 0) is 10.3 Å². The molecule has 0 spiro atoms. The average Bonchev–Trinajstić information content (AvgIpc) is 2.70. The Bertz CT molecular complexity index is 875. The van der Waals surface area contributed by atoms with Crippen LogP contribution in [0.4, 0.5) is 0 Å². The Labute approximate surface area is 157 Å². The summed E-state index contributed by atoms with van der Waals surface area (Å²) in [4.78, 5) is 0. The van der Waals surface area contributed by atoms with E-state index >= 15 is 0 Å². The van der Waals surface area contributed by atoms with Gasteiger partial charge in [0, 0.05) is 32.9 Å². The third-order valence-electron chi connectivity index (χ3n) is 4.37. The van der Waals surface area contributed by atoms with E-state index in [1.807, 2.05) is 36.4 Å². The van der Waals surface area contributed by atoms with E-state index in [0.29, 0.717) is 0 Å². The molecule has 0 saturated carbocycles. The molecule has 1 aliphatic heterocycles. The molecule has 0 aromatic heterocycles. The summed E-state index contributed by atoms with van der Waals surface area (Å²) in [6.07, 6.45) is 0. The van der Waals surface area contributed by atoms with Crippen LogP contribution in [0.5, 0.6) is 0 Å². The molecular weight excluding hydrogens is 348 g/mol. The van der Waals surface area contributed by atoms with Crippen LogP contribution in [0, 0.1) is 0 Å². The molecule has 0 amide bonds. The van der Waals surface area contributed by atoms with Crippen LogP contribution in [0.3, 0.4) is 0 Å². The molecular formula is C22H17ClOS. The molecule has 0 N–H and O–H groups in total. The Kier molecular flexibility index (Phi) is 4.56. The highest BCUT2D eigenvalue weighted by Crippen LogP contribution is 2.45. The molecule has 1 atom stereocenters. The largest absolute Gasteiger partial charge is 0.476 e. The standard InChI is InChI=1S/C22H17ClOS/c23-20-13-11-19(12-14-20)22(18-9-5-2-6-10-18)16-25-15-21(24-22)17-7-3-1-4-8-17/h1-15H,16H2. The smallest absolute Gasteiger partial charge is 0.168 e. The van der Waals surface area contributed by atoms with Crippen LogP contribution in [-0.4, -0.2) is 5.75 Å². The van der Waals surface area contributed by atoms with Crippen molar-refractivity contribution >= 4 is 29.1 Å². The minimum absolute atomic E-state index is 0.531. The van der Waals surface area contributed by atoms with Crippen molar-refractivity contribution in [1.82, 2.24) is 0 Å². The second-order valence-electron chi connectivity index (χ2n) is 5.96. The molecule has 0 bridgehead atoms. The summed E-state index contributed by atoms with van der Waals surface area (Å²) in [5, 5.41) is 2.83. The molecule has 0 fully saturated rings. The van der Waals surface area contributed by atoms with E-state index in [1.165, 1.54) is 0 Å². The molecule has 3 aromatic carbocycles. The van der Waals surface area contributed by atoms with Crippen molar-refractivity contribution in [1.29, 1.82) is 0 Å². The molecule has 3 heteroatoms. The summed E-state index contributed by atoms with van der Waals surface area (Å²) in [5.74, 6) is 1.71. The van der Waals surface area contributed by atoms with Gasteiger partial charge >= 0.3 is 0 Å². The van der Waals surface area contributed by atoms with E-state index in [4.69, 9.17) is 16.3 Å². The fourth-order valence-corrected chi connectivity index (χ4v) is 4.25. The zero-order valence-corrected chi connectivity index (χ0v) is 15.1. The molecule has 1 aliphatic rings. The first-order valence-electron chi connectivity index (χ1n) is 8.16. The van der Waals surface area contributed by atoms with Gasteiger partial charge in [0.15, 0.2) is 5.60 Å². The summed E-state index contributed by atoms with van der Waals surface area (Å²) >= 11 is 7.89. The van der Waals surface area contributed by atoms with Crippen molar-refractivity contribution in [3.8, 4) is 0 Å². The SMILES string of the molecule is Clc1ccc(C2(c3ccccc3)CSC=C(c3ccccc3)O2)cc1. The van der Waals surface area contributed by atoms with E-state index in [9.17, 15) is 0 Å². The van der Waals surface area contributed by atoms with Gasteiger partial charge in [0.1, 0.15) is 5.76 Å². The summed E-state index contributed by atoms with van der Waals surface area (Å²) in [5.41, 5.74) is 2.81. The van der Waals surface area contributed by atoms with Gasteiger partial charge in [-0.3, -0.25) is 0 Å². The van der Waals surface area contributed by atoms with Gasteiger partial charge in [-0.25, -0.2) is 0 Å². The minimum Gasteiger partial charge on any atom is -0.476 e. The van der Waals surface area contributed by atoms with Gasteiger partial charge in [-0.2, -0.15) is 0 Å². The molecule has 3 aromatic rings. The Morgan fingerprint density at radius 1 is 0.760 bits per heavy atom. The second-order valence-corrected chi connectivity index (χ2v) is 7.26. The number of hydrogen-bond acceptors (Lipinski definition) is 2. The van der Waals surface area contributed by atoms with Gasteiger partial charge < -0.3 is 4.74 Å². The van der Waals surface area contributed by atoms with E-state index in [1.54, 1.807) is 11.8 Å². The minimum atomic E-state index is -0.531. The molecule has 1 unspecified atom stereocenters. The highest BCUT2D eigenvalue weighted by molar-refractivity contribution is 8.02. The van der Waals surface area contributed by atoms with Crippen LogP contribution in [0.1, 0.15) is 16.7 Å². The number of rotatable bonds is 3. The van der Waals surface area contributed by atoms with Gasteiger partial charge in [-0.1, -0.05) is 84.4 Å². The third-order valence-corrected chi connectivity index (χ3v) is 5.58. The van der Waals surface area contributed by atoms with E-state index < -0.39 is 5.60 Å². The van der Waals surface area contributed by atoms with Crippen LogP contribution in [0.25, 0.3) is 5.76 Å². The Morgan fingerprint density at radius 2 is 1.36 bits per heavy atom. The lowest BCUT2D eigenvalue weighted by Gasteiger charge is -2.38. The zero-order chi connectivity index (χ0) is 17.1. The Hall–Kier alpha value is -2.16. The monoisotopic (exact) mass is 364 g/mol. The van der Waals surface area contributed by atoms with E-state index in [-0.39, 0.29) is 0 Å². The molecule has 1 nitrogen and oxygen atoms in total. The van der Waals surface area contributed by atoms with Crippen molar-refractivity contribution in [2.75, 3.05) is 5.75 Å². The summed E-state index contributed by atoms with van der Waals surface area (Å²) in [7, 11) is 0. The Morgan fingerprint density at radius 3 is 2.04 bits per heavy atom. The van der Waals surface area contributed by atoms with Crippen molar-refractivity contribution in [2.24, 2.45) is 0 Å². The van der Waals surface area contributed by atoms with Crippen LogP contribution in [0.2, 0.25) is 5.02 Å². The quantitative estimate of drug-likeness (QED) is 0.535. The predicted molar refractivity (Wildman–Crippen MR) is 107 cm³/mol. The van der Waals surface area contributed by atoms with Gasteiger partial charge in [0.2, 0.25) is 0 Å². The molecule has 124 valence electrons. The van der Waals surface area contributed by atoms with Crippen molar-refractivity contribution in [2.45, 2.75) is 5.60 Å². The third kappa shape index (κ3) is 3.20. The lowest BCUT2D eigenvalue weighted by Crippen LogP contribution is -2.35. The van der Waals surface area contributed by atoms with Crippen LogP contribution in [0.15, 0.2) is 90.3 Å². The molecule has 25 heavy (non-hydrogen) atoms. The van der Waals surface area contributed by atoms with Crippen molar-refractivity contribution in [3.05, 3.63) is 112 Å². The fraction of sp³-hybridized carbons (Fsp3) is 0.0909. The Balaban J connectivity index is 1.82. The van der Waals surface area contributed by atoms with Crippen LogP contribution < -0.4 is 0 Å².